The van der Waals surface area contributed by atoms with Crippen LogP contribution in [-0.4, -0.2) is 29.8 Å². The predicted molar refractivity (Wildman–Crippen MR) is 108 cm³/mol. The summed E-state index contributed by atoms with van der Waals surface area (Å²) in [6.45, 7) is 0.935. The maximum absolute atomic E-state index is 13.1. The van der Waals surface area contributed by atoms with Crippen LogP contribution in [0.4, 0.5) is 18.9 Å². The summed E-state index contributed by atoms with van der Waals surface area (Å²) in [6, 6.07) is 11.5. The zero-order chi connectivity index (χ0) is 21.9. The summed E-state index contributed by atoms with van der Waals surface area (Å²) in [6.07, 6.45) is -3.59. The second kappa shape index (κ2) is 9.06. The van der Waals surface area contributed by atoms with E-state index in [1.807, 2.05) is 11.0 Å². The number of alkyl halides is 3. The smallest absolute Gasteiger partial charge is 0.369 e. The maximum Gasteiger partial charge on any atom is 0.417 e. The molecule has 1 aliphatic heterocycles. The van der Waals surface area contributed by atoms with Gasteiger partial charge in [0.05, 0.1) is 10.6 Å². The topological polar surface area (TPSA) is 75.4 Å². The lowest BCUT2D eigenvalue weighted by molar-refractivity contribution is -0.137. The molecular formula is C21H21ClF3N3O2. The van der Waals surface area contributed by atoms with Gasteiger partial charge < -0.3 is 11.1 Å². The van der Waals surface area contributed by atoms with E-state index in [9.17, 15) is 22.8 Å². The molecule has 3 N–H and O–H groups in total. The number of piperidine rings is 1. The summed E-state index contributed by atoms with van der Waals surface area (Å²) < 4.78 is 39.4. The number of halogens is 4. The van der Waals surface area contributed by atoms with Gasteiger partial charge in [0, 0.05) is 11.6 Å². The number of rotatable bonds is 5. The second-order valence-electron chi connectivity index (χ2n) is 7.21. The van der Waals surface area contributed by atoms with Crippen molar-refractivity contribution in [3.8, 4) is 0 Å². The highest BCUT2D eigenvalue weighted by Gasteiger charge is 2.35. The van der Waals surface area contributed by atoms with Gasteiger partial charge in [-0.15, -0.1) is 0 Å². The Balaban J connectivity index is 1.84. The summed E-state index contributed by atoms with van der Waals surface area (Å²) in [5.41, 5.74) is 5.08. The van der Waals surface area contributed by atoms with Crippen LogP contribution in [0.2, 0.25) is 5.02 Å². The number of nitrogens with zero attached hydrogens (tertiary/aromatic N) is 1. The molecule has 2 aromatic rings. The van der Waals surface area contributed by atoms with E-state index in [4.69, 9.17) is 17.3 Å². The van der Waals surface area contributed by atoms with Gasteiger partial charge in [-0.2, -0.15) is 13.2 Å². The van der Waals surface area contributed by atoms with Crippen LogP contribution >= 0.6 is 11.6 Å². The third kappa shape index (κ3) is 5.12. The van der Waals surface area contributed by atoms with Gasteiger partial charge in [-0.05, 0) is 49.7 Å². The second-order valence-corrected chi connectivity index (χ2v) is 7.61. The number of carbonyl (C=O) groups excluding carboxylic acids is 2. The van der Waals surface area contributed by atoms with Gasteiger partial charge in [0.25, 0.3) is 0 Å². The van der Waals surface area contributed by atoms with Gasteiger partial charge in [0.2, 0.25) is 11.8 Å². The van der Waals surface area contributed by atoms with E-state index >= 15 is 0 Å². The first kappa shape index (κ1) is 22.1. The van der Waals surface area contributed by atoms with Crippen molar-refractivity contribution < 1.29 is 22.8 Å². The molecule has 0 aromatic heterocycles. The number of benzene rings is 2. The van der Waals surface area contributed by atoms with Gasteiger partial charge in [-0.25, -0.2) is 0 Å². The number of carbonyl (C=O) groups is 2. The molecule has 5 nitrogen and oxygen atoms in total. The number of nitrogens with one attached hydrogen (secondary N) is 1. The highest BCUT2D eigenvalue weighted by Crippen LogP contribution is 2.36. The number of amides is 2. The summed E-state index contributed by atoms with van der Waals surface area (Å²) >= 11 is 5.66. The lowest BCUT2D eigenvalue weighted by atomic mass is 9.93. The molecule has 160 valence electrons. The van der Waals surface area contributed by atoms with Gasteiger partial charge in [0.15, 0.2) is 0 Å². The van der Waals surface area contributed by atoms with Crippen molar-refractivity contribution in [1.29, 1.82) is 0 Å². The first-order valence-electron chi connectivity index (χ1n) is 9.42. The zero-order valence-corrected chi connectivity index (χ0v) is 16.7. The molecular weight excluding hydrogens is 419 g/mol. The van der Waals surface area contributed by atoms with E-state index in [0.717, 1.165) is 12.1 Å². The molecule has 1 fully saturated rings. The van der Waals surface area contributed by atoms with Crippen molar-refractivity contribution in [2.45, 2.75) is 25.1 Å². The van der Waals surface area contributed by atoms with Crippen molar-refractivity contribution in [2.75, 3.05) is 18.4 Å². The lowest BCUT2D eigenvalue weighted by Crippen LogP contribution is -2.44. The van der Waals surface area contributed by atoms with Gasteiger partial charge in [-0.3, -0.25) is 14.5 Å². The molecule has 0 aliphatic carbocycles. The van der Waals surface area contributed by atoms with Crippen molar-refractivity contribution in [3.63, 3.8) is 0 Å². The van der Waals surface area contributed by atoms with E-state index < -0.39 is 28.7 Å². The van der Waals surface area contributed by atoms with Crippen LogP contribution in [0.25, 0.3) is 0 Å². The molecule has 1 heterocycles. The number of nitrogens with two attached hydrogens (primary N) is 1. The van der Waals surface area contributed by atoms with Crippen molar-refractivity contribution >= 4 is 29.1 Å². The Morgan fingerprint density at radius 2 is 1.73 bits per heavy atom. The quantitative estimate of drug-likeness (QED) is 0.731. The molecule has 1 atom stereocenters. The number of anilines is 1. The molecule has 9 heteroatoms. The molecule has 2 aromatic carbocycles. The molecule has 3 rings (SSSR count). The fraction of sp³-hybridized carbons (Fsp3) is 0.333. The molecule has 1 saturated heterocycles. The fourth-order valence-corrected chi connectivity index (χ4v) is 3.86. The van der Waals surface area contributed by atoms with Crippen LogP contribution in [0.1, 0.15) is 30.0 Å². The average molecular weight is 440 g/mol. The lowest BCUT2D eigenvalue weighted by Gasteiger charge is -2.36. The molecule has 0 unspecified atom stereocenters. The molecule has 1 aliphatic rings. The SMILES string of the molecule is NC(=O)C1CCN([C@@H](C(=O)Nc2ccc(Cl)c(C(F)(F)F)c2)c2ccccc2)CC1. The van der Waals surface area contributed by atoms with E-state index in [-0.39, 0.29) is 17.5 Å². The minimum Gasteiger partial charge on any atom is -0.369 e. The number of primary amides is 1. The Bertz CT molecular complexity index is 913. The largest absolute Gasteiger partial charge is 0.417 e. The highest BCUT2D eigenvalue weighted by atomic mass is 35.5. The molecule has 0 spiro atoms. The first-order chi connectivity index (χ1) is 14.2. The normalized spacial score (nSPS) is 16.8. The molecule has 30 heavy (non-hydrogen) atoms. The average Bonchev–Trinajstić information content (AvgIpc) is 2.70. The number of likely N-dealkylation sites (tertiary alicyclic amines) is 1. The van der Waals surface area contributed by atoms with Gasteiger partial charge >= 0.3 is 6.18 Å². The summed E-state index contributed by atoms with van der Waals surface area (Å²) in [5, 5.41) is 2.14. The molecule has 2 amide bonds. The molecule has 0 bridgehead atoms. The highest BCUT2D eigenvalue weighted by molar-refractivity contribution is 6.31. The van der Waals surface area contributed by atoms with E-state index in [0.29, 0.717) is 31.5 Å². The van der Waals surface area contributed by atoms with Crippen molar-refractivity contribution in [3.05, 3.63) is 64.7 Å². The van der Waals surface area contributed by atoms with Crippen LogP contribution in [-0.2, 0) is 15.8 Å². The Morgan fingerprint density at radius 1 is 1.10 bits per heavy atom. The van der Waals surface area contributed by atoms with Gasteiger partial charge in [0.1, 0.15) is 6.04 Å². The Hall–Kier alpha value is -2.58. The van der Waals surface area contributed by atoms with Crippen LogP contribution in [0.3, 0.4) is 0 Å². The Morgan fingerprint density at radius 3 is 2.30 bits per heavy atom. The molecule has 0 saturated carbocycles. The third-order valence-corrected chi connectivity index (χ3v) is 5.53. The minimum atomic E-state index is -4.63. The van der Waals surface area contributed by atoms with Crippen LogP contribution in [0.5, 0.6) is 0 Å². The summed E-state index contributed by atoms with van der Waals surface area (Å²) in [7, 11) is 0. The predicted octanol–water partition coefficient (Wildman–Crippen LogP) is 4.24. The van der Waals surface area contributed by atoms with Crippen LogP contribution in [0, 0.1) is 5.92 Å². The third-order valence-electron chi connectivity index (χ3n) is 5.20. The summed E-state index contributed by atoms with van der Waals surface area (Å²) in [4.78, 5) is 26.5. The Labute approximate surface area is 177 Å². The van der Waals surface area contributed by atoms with E-state index in [2.05, 4.69) is 5.32 Å². The number of hydrogen-bond acceptors (Lipinski definition) is 3. The molecule has 0 radical (unpaired) electrons. The monoisotopic (exact) mass is 439 g/mol. The standard InChI is InChI=1S/C21H21ClF3N3O2/c22-17-7-6-15(12-16(17)21(23,24)25)27-20(30)18(13-4-2-1-3-5-13)28-10-8-14(9-11-28)19(26)29/h1-7,12,14,18H,8-11H2,(H2,26,29)(H,27,30)/t18-/m1/s1. The maximum atomic E-state index is 13.1. The zero-order valence-electron chi connectivity index (χ0n) is 16.0. The van der Waals surface area contributed by atoms with Crippen molar-refractivity contribution in [2.24, 2.45) is 11.7 Å². The fourth-order valence-electron chi connectivity index (χ4n) is 3.64. The number of hydrogen-bond donors (Lipinski definition) is 2. The van der Waals surface area contributed by atoms with E-state index in [1.165, 1.54) is 6.07 Å². The van der Waals surface area contributed by atoms with Gasteiger partial charge in [-0.1, -0.05) is 41.9 Å². The summed E-state index contributed by atoms with van der Waals surface area (Å²) in [5.74, 6) is -1.07. The Kier molecular flexibility index (Phi) is 6.67. The first-order valence-corrected chi connectivity index (χ1v) is 9.80. The van der Waals surface area contributed by atoms with Crippen LogP contribution in [0.15, 0.2) is 48.5 Å². The minimum absolute atomic E-state index is 0.00433. The van der Waals surface area contributed by atoms with Crippen molar-refractivity contribution in [1.82, 2.24) is 4.90 Å². The van der Waals surface area contributed by atoms with E-state index in [1.54, 1.807) is 24.3 Å². The van der Waals surface area contributed by atoms with Crippen LogP contribution < -0.4 is 11.1 Å².